The lowest BCUT2D eigenvalue weighted by molar-refractivity contribution is 0.0751. The van der Waals surface area contributed by atoms with Crippen LogP contribution in [0.1, 0.15) is 15.2 Å². The highest BCUT2D eigenvalue weighted by Gasteiger charge is 2.23. The summed E-state index contributed by atoms with van der Waals surface area (Å²) in [6.45, 7) is 2.84. The SMILES string of the molecule is N=C(N)c1cccc(N2CCN(C(=O)c3ccc(-c4ccccn4)s3)CC2)c1. The smallest absolute Gasteiger partial charge is 0.264 e. The monoisotopic (exact) mass is 391 g/mol. The minimum absolute atomic E-state index is 0.0667. The van der Waals surface area contributed by atoms with E-state index in [9.17, 15) is 4.79 Å². The number of amidine groups is 1. The number of carbonyl (C=O) groups is 1. The van der Waals surface area contributed by atoms with Crippen molar-refractivity contribution in [3.8, 4) is 10.6 Å². The number of hydrogen-bond acceptors (Lipinski definition) is 5. The molecule has 0 atom stereocenters. The zero-order valence-electron chi connectivity index (χ0n) is 15.3. The highest BCUT2D eigenvalue weighted by Crippen LogP contribution is 2.28. The van der Waals surface area contributed by atoms with Crippen LogP contribution in [0.2, 0.25) is 0 Å². The molecule has 1 saturated heterocycles. The van der Waals surface area contributed by atoms with Crippen LogP contribution < -0.4 is 10.6 Å². The molecular formula is C21H21N5OS. The van der Waals surface area contributed by atoms with E-state index in [0.29, 0.717) is 13.1 Å². The van der Waals surface area contributed by atoms with Gasteiger partial charge in [0.15, 0.2) is 0 Å². The minimum Gasteiger partial charge on any atom is -0.384 e. The number of nitrogens with two attached hydrogens (primary N) is 1. The molecule has 1 amide bonds. The van der Waals surface area contributed by atoms with E-state index in [1.807, 2.05) is 59.5 Å². The van der Waals surface area contributed by atoms with Crippen molar-refractivity contribution in [3.05, 3.63) is 71.2 Å². The van der Waals surface area contributed by atoms with Gasteiger partial charge in [0.05, 0.1) is 15.4 Å². The maximum atomic E-state index is 12.9. The van der Waals surface area contributed by atoms with E-state index in [0.717, 1.165) is 39.8 Å². The third kappa shape index (κ3) is 3.75. The maximum Gasteiger partial charge on any atom is 0.264 e. The molecule has 0 radical (unpaired) electrons. The van der Waals surface area contributed by atoms with Gasteiger partial charge in [-0.05, 0) is 36.4 Å². The van der Waals surface area contributed by atoms with Gasteiger partial charge in [-0.3, -0.25) is 15.2 Å². The van der Waals surface area contributed by atoms with Crippen molar-refractivity contribution in [2.24, 2.45) is 5.73 Å². The summed E-state index contributed by atoms with van der Waals surface area (Å²) in [5.74, 6) is 0.140. The average Bonchev–Trinajstić information content (AvgIpc) is 3.24. The van der Waals surface area contributed by atoms with Crippen LogP contribution in [0.3, 0.4) is 0 Å². The second kappa shape index (κ2) is 7.82. The van der Waals surface area contributed by atoms with E-state index in [2.05, 4.69) is 9.88 Å². The van der Waals surface area contributed by atoms with Crippen LogP contribution in [0.15, 0.2) is 60.8 Å². The van der Waals surface area contributed by atoms with E-state index in [1.165, 1.54) is 11.3 Å². The number of rotatable bonds is 4. The number of nitrogen functional groups attached to an aromatic ring is 1. The molecule has 4 rings (SSSR count). The zero-order valence-corrected chi connectivity index (χ0v) is 16.2. The van der Waals surface area contributed by atoms with Crippen LogP contribution in [0.4, 0.5) is 5.69 Å². The predicted molar refractivity (Wildman–Crippen MR) is 113 cm³/mol. The molecule has 7 heteroatoms. The van der Waals surface area contributed by atoms with Crippen molar-refractivity contribution in [3.63, 3.8) is 0 Å². The van der Waals surface area contributed by atoms with Gasteiger partial charge in [0.25, 0.3) is 5.91 Å². The molecule has 0 unspecified atom stereocenters. The summed E-state index contributed by atoms with van der Waals surface area (Å²) in [7, 11) is 0. The minimum atomic E-state index is 0.0667. The summed E-state index contributed by atoms with van der Waals surface area (Å²) in [4.78, 5) is 23.1. The van der Waals surface area contributed by atoms with E-state index >= 15 is 0 Å². The van der Waals surface area contributed by atoms with Crippen molar-refractivity contribution in [1.82, 2.24) is 9.88 Å². The normalized spacial score (nSPS) is 14.1. The van der Waals surface area contributed by atoms with Crippen molar-refractivity contribution in [2.75, 3.05) is 31.1 Å². The van der Waals surface area contributed by atoms with Gasteiger partial charge in [-0.15, -0.1) is 11.3 Å². The fourth-order valence-corrected chi connectivity index (χ4v) is 4.24. The molecule has 1 aliphatic heterocycles. The Balaban J connectivity index is 1.41. The third-order valence-electron chi connectivity index (χ3n) is 4.82. The number of nitrogens with one attached hydrogen (secondary N) is 1. The highest BCUT2D eigenvalue weighted by atomic mass is 32.1. The molecule has 0 aliphatic carbocycles. The first kappa shape index (κ1) is 18.2. The van der Waals surface area contributed by atoms with E-state index in [-0.39, 0.29) is 11.7 Å². The molecule has 3 aromatic rings. The molecule has 3 heterocycles. The van der Waals surface area contributed by atoms with Gasteiger partial charge in [-0.1, -0.05) is 18.2 Å². The van der Waals surface area contributed by atoms with Crippen LogP contribution in [0.25, 0.3) is 10.6 Å². The van der Waals surface area contributed by atoms with Crippen LogP contribution in [0, 0.1) is 5.41 Å². The highest BCUT2D eigenvalue weighted by molar-refractivity contribution is 7.17. The number of thiophene rings is 1. The lowest BCUT2D eigenvalue weighted by Crippen LogP contribution is -2.48. The topological polar surface area (TPSA) is 86.3 Å². The number of nitrogens with zero attached hydrogens (tertiary/aromatic N) is 3. The molecule has 0 spiro atoms. The fraction of sp³-hybridized carbons (Fsp3) is 0.190. The molecule has 28 heavy (non-hydrogen) atoms. The molecule has 3 N–H and O–H groups in total. The van der Waals surface area contributed by atoms with Crippen LogP contribution in [-0.2, 0) is 0 Å². The Morgan fingerprint density at radius 3 is 2.57 bits per heavy atom. The Morgan fingerprint density at radius 1 is 1.04 bits per heavy atom. The second-order valence-corrected chi connectivity index (χ2v) is 7.71. The maximum absolute atomic E-state index is 12.9. The Labute approximate surface area is 167 Å². The van der Waals surface area contributed by atoms with E-state index in [4.69, 9.17) is 11.1 Å². The molecular weight excluding hydrogens is 370 g/mol. The van der Waals surface area contributed by atoms with Crippen LogP contribution in [0.5, 0.6) is 0 Å². The Bertz CT molecular complexity index is 993. The van der Waals surface area contributed by atoms with Gasteiger partial charge in [-0.25, -0.2) is 0 Å². The van der Waals surface area contributed by atoms with Gasteiger partial charge in [0.2, 0.25) is 0 Å². The summed E-state index contributed by atoms with van der Waals surface area (Å²) in [6, 6.07) is 17.3. The largest absolute Gasteiger partial charge is 0.384 e. The lowest BCUT2D eigenvalue weighted by atomic mass is 10.1. The first-order chi connectivity index (χ1) is 13.6. The van der Waals surface area contributed by atoms with Crippen molar-refractivity contribution in [1.29, 1.82) is 5.41 Å². The van der Waals surface area contributed by atoms with E-state index in [1.54, 1.807) is 6.20 Å². The Hall–Kier alpha value is -3.19. The molecule has 142 valence electrons. The number of aromatic nitrogens is 1. The summed E-state index contributed by atoms with van der Waals surface area (Å²) >= 11 is 1.49. The molecule has 1 fully saturated rings. The summed E-state index contributed by atoms with van der Waals surface area (Å²) in [5, 5.41) is 7.60. The van der Waals surface area contributed by atoms with E-state index < -0.39 is 0 Å². The Kier molecular flexibility index (Phi) is 5.08. The van der Waals surface area contributed by atoms with Gasteiger partial charge < -0.3 is 15.5 Å². The molecule has 0 bridgehead atoms. The third-order valence-corrected chi connectivity index (χ3v) is 5.92. The predicted octanol–water partition coefficient (Wildman–Crippen LogP) is 3.06. The fourth-order valence-electron chi connectivity index (χ4n) is 3.29. The number of anilines is 1. The van der Waals surface area contributed by atoms with Crippen molar-refractivity contribution < 1.29 is 4.79 Å². The number of piperazine rings is 1. The zero-order chi connectivity index (χ0) is 19.5. The number of hydrogen-bond donors (Lipinski definition) is 2. The Morgan fingerprint density at radius 2 is 1.86 bits per heavy atom. The first-order valence-electron chi connectivity index (χ1n) is 9.12. The average molecular weight is 392 g/mol. The number of pyridine rings is 1. The second-order valence-electron chi connectivity index (χ2n) is 6.62. The van der Waals surface area contributed by atoms with Crippen molar-refractivity contribution >= 4 is 28.8 Å². The number of amides is 1. The van der Waals surface area contributed by atoms with Gasteiger partial charge in [0.1, 0.15) is 5.84 Å². The standard InChI is InChI=1S/C21H21N5OS/c22-20(23)15-4-3-5-16(14-15)25-10-12-26(13-11-25)21(27)19-8-7-18(28-19)17-6-1-2-9-24-17/h1-9,14H,10-13H2,(H3,22,23). The molecule has 1 aliphatic rings. The molecule has 6 nitrogen and oxygen atoms in total. The number of carbonyl (C=O) groups excluding carboxylic acids is 1. The number of benzene rings is 1. The van der Waals surface area contributed by atoms with Gasteiger partial charge >= 0.3 is 0 Å². The van der Waals surface area contributed by atoms with Crippen molar-refractivity contribution in [2.45, 2.75) is 0 Å². The van der Waals surface area contributed by atoms with Gasteiger partial charge in [0, 0.05) is 43.6 Å². The first-order valence-corrected chi connectivity index (χ1v) is 9.93. The lowest BCUT2D eigenvalue weighted by Gasteiger charge is -2.36. The molecule has 1 aromatic carbocycles. The van der Waals surface area contributed by atoms with Crippen LogP contribution >= 0.6 is 11.3 Å². The summed E-state index contributed by atoms with van der Waals surface area (Å²) in [6.07, 6.45) is 1.76. The summed E-state index contributed by atoms with van der Waals surface area (Å²) in [5.41, 5.74) is 8.24. The molecule has 0 saturated carbocycles. The van der Waals surface area contributed by atoms with Crippen LogP contribution in [-0.4, -0.2) is 47.8 Å². The summed E-state index contributed by atoms with van der Waals surface area (Å²) < 4.78 is 0. The van der Waals surface area contributed by atoms with Gasteiger partial charge in [-0.2, -0.15) is 0 Å². The quantitative estimate of drug-likeness (QED) is 0.529. The molecule has 2 aromatic heterocycles.